The quantitative estimate of drug-likeness (QED) is 0.278. The van der Waals surface area contributed by atoms with Gasteiger partial charge in [-0.15, -0.1) is 11.8 Å². The monoisotopic (exact) mass is 526 g/mol. The van der Waals surface area contributed by atoms with Crippen molar-refractivity contribution in [2.45, 2.75) is 62.4 Å². The fourth-order valence-corrected chi connectivity index (χ4v) is 7.98. The molecule has 8 heteroatoms. The number of hydrogen-bond acceptors (Lipinski definition) is 5. The Balaban J connectivity index is 1.35. The largest absolute Gasteiger partial charge is 0.496 e. The number of ether oxygens (including phenoxy) is 1. The van der Waals surface area contributed by atoms with Crippen LogP contribution in [0.15, 0.2) is 35.4 Å². The number of nitrogens with zero attached hydrogens (tertiary/aromatic N) is 2. The first-order valence-electron chi connectivity index (χ1n) is 12.6. The maximum absolute atomic E-state index is 13.4. The minimum Gasteiger partial charge on any atom is -0.496 e. The topological polar surface area (TPSA) is 63.0 Å². The Morgan fingerprint density at radius 1 is 1.19 bits per heavy atom. The number of aryl methyl sites for hydroxylation is 1. The predicted octanol–water partition coefficient (Wildman–Crippen LogP) is 7.38. The molecule has 4 aliphatic rings. The van der Waals surface area contributed by atoms with Crippen LogP contribution in [0, 0.1) is 41.4 Å². The van der Waals surface area contributed by atoms with Crippen molar-refractivity contribution in [3.8, 4) is 11.8 Å². The highest BCUT2D eigenvalue weighted by atomic mass is 32.2. The molecule has 4 saturated carbocycles. The van der Waals surface area contributed by atoms with Gasteiger partial charge < -0.3 is 4.74 Å². The highest BCUT2D eigenvalue weighted by Crippen LogP contribution is 2.60. The molecule has 0 saturated heterocycles. The maximum Gasteiger partial charge on any atom is 0.433 e. The second-order valence-corrected chi connectivity index (χ2v) is 11.8. The Morgan fingerprint density at radius 3 is 2.41 bits per heavy atom. The summed E-state index contributed by atoms with van der Waals surface area (Å²) >= 11 is 1.07. The number of methoxy groups -OCH3 is 1. The maximum atomic E-state index is 13.4. The fraction of sp³-hybridized carbons (Fsp3) is 0.483. The molecule has 2 aromatic rings. The predicted molar refractivity (Wildman–Crippen MR) is 136 cm³/mol. The third-order valence-corrected chi connectivity index (χ3v) is 9.27. The van der Waals surface area contributed by atoms with Crippen LogP contribution < -0.4 is 4.74 Å². The van der Waals surface area contributed by atoms with E-state index in [1.54, 1.807) is 12.1 Å². The first kappa shape index (κ1) is 25.8. The molecule has 0 spiro atoms. The van der Waals surface area contributed by atoms with Crippen molar-refractivity contribution in [3.05, 3.63) is 58.3 Å². The van der Waals surface area contributed by atoms with E-state index in [0.29, 0.717) is 23.5 Å². The number of carbonyl (C=O) groups excluding carboxylic acids is 1. The number of benzene rings is 1. The average molecular weight is 527 g/mol. The summed E-state index contributed by atoms with van der Waals surface area (Å²) in [5.74, 6) is 3.15. The third-order valence-electron chi connectivity index (χ3n) is 8.24. The summed E-state index contributed by atoms with van der Waals surface area (Å²) in [6.07, 6.45) is 5.83. The van der Waals surface area contributed by atoms with E-state index < -0.39 is 11.9 Å². The molecule has 4 aliphatic carbocycles. The lowest BCUT2D eigenvalue weighted by Gasteiger charge is -2.55. The van der Waals surface area contributed by atoms with E-state index in [9.17, 15) is 23.2 Å². The Kier molecular flexibility index (Phi) is 6.86. The molecular weight excluding hydrogens is 497 g/mol. The Labute approximate surface area is 219 Å². The lowest BCUT2D eigenvalue weighted by molar-refractivity contribution is -0.141. The second kappa shape index (κ2) is 9.83. The number of thioether (sulfide) groups is 1. The van der Waals surface area contributed by atoms with Gasteiger partial charge in [0.05, 0.1) is 12.7 Å². The molecule has 1 aromatic heterocycles. The van der Waals surface area contributed by atoms with Crippen molar-refractivity contribution in [2.75, 3.05) is 7.11 Å². The molecule has 1 heterocycles. The molecule has 4 fully saturated rings. The molecular formula is C29H29F3N2O2S. The number of alkyl halides is 3. The summed E-state index contributed by atoms with van der Waals surface area (Å²) in [6, 6.07) is 8.41. The van der Waals surface area contributed by atoms with Crippen molar-refractivity contribution in [1.29, 1.82) is 5.26 Å². The summed E-state index contributed by atoms with van der Waals surface area (Å²) in [5, 5.41) is 9.53. The van der Waals surface area contributed by atoms with Gasteiger partial charge in [-0.1, -0.05) is 12.1 Å². The van der Waals surface area contributed by atoms with Gasteiger partial charge in [0.1, 0.15) is 22.5 Å². The SMILES string of the molecule is COc1ccc(/C=C/C(=O)C23CC4CC(CC(C4)C2)C3)cc1CSc1nc(C(F)(F)F)cc(C)c1C#N. The Hall–Kier alpha value is -2.79. The summed E-state index contributed by atoms with van der Waals surface area (Å²) in [7, 11) is 1.53. The molecule has 37 heavy (non-hydrogen) atoms. The Morgan fingerprint density at radius 2 is 1.84 bits per heavy atom. The van der Waals surface area contributed by atoms with Crippen molar-refractivity contribution in [1.82, 2.24) is 4.98 Å². The summed E-state index contributed by atoms with van der Waals surface area (Å²) in [6.45, 7) is 1.48. The van der Waals surface area contributed by atoms with Crippen LogP contribution >= 0.6 is 11.8 Å². The van der Waals surface area contributed by atoms with Gasteiger partial charge >= 0.3 is 6.18 Å². The number of halogens is 3. The van der Waals surface area contributed by atoms with Crippen LogP contribution in [0.2, 0.25) is 0 Å². The van der Waals surface area contributed by atoms with Crippen LogP contribution in [-0.2, 0) is 16.7 Å². The van der Waals surface area contributed by atoms with E-state index in [0.717, 1.165) is 48.2 Å². The molecule has 0 atom stereocenters. The molecule has 1 aromatic carbocycles. The molecule has 0 N–H and O–H groups in total. The molecule has 0 amide bonds. The van der Waals surface area contributed by atoms with E-state index in [4.69, 9.17) is 4.74 Å². The van der Waals surface area contributed by atoms with Crippen LogP contribution in [-0.4, -0.2) is 17.9 Å². The lowest BCUT2D eigenvalue weighted by atomic mass is 9.48. The zero-order valence-electron chi connectivity index (χ0n) is 20.9. The number of carbonyl (C=O) groups is 1. The molecule has 0 radical (unpaired) electrons. The van der Waals surface area contributed by atoms with Gasteiger partial charge in [-0.05, 0) is 98.6 Å². The van der Waals surface area contributed by atoms with E-state index in [1.165, 1.54) is 33.3 Å². The van der Waals surface area contributed by atoms with Crippen LogP contribution in [0.25, 0.3) is 6.08 Å². The standard InChI is InChI=1S/C29H29F3N2O2S/c1-17-7-25(29(30,31)32)34-27(23(17)15-33)37-16-22-11-18(3-5-24(22)36-2)4-6-26(35)28-12-19-8-20(13-28)10-21(9-19)14-28/h3-7,11,19-21H,8-10,12-14,16H2,1-2H3/b6-4+. The van der Waals surface area contributed by atoms with Crippen LogP contribution in [0.5, 0.6) is 5.75 Å². The minimum atomic E-state index is -4.60. The number of rotatable bonds is 7. The zero-order valence-corrected chi connectivity index (χ0v) is 21.7. The smallest absolute Gasteiger partial charge is 0.433 e. The van der Waals surface area contributed by atoms with Gasteiger partial charge in [0.15, 0.2) is 5.78 Å². The van der Waals surface area contributed by atoms with E-state index in [1.807, 2.05) is 24.3 Å². The van der Waals surface area contributed by atoms with Crippen molar-refractivity contribution < 1.29 is 22.7 Å². The normalized spacial score (nSPS) is 26.4. The van der Waals surface area contributed by atoms with Gasteiger partial charge in [0.2, 0.25) is 0 Å². The number of pyridine rings is 1. The number of nitriles is 1. The average Bonchev–Trinajstić information content (AvgIpc) is 2.84. The van der Waals surface area contributed by atoms with E-state index >= 15 is 0 Å². The van der Waals surface area contributed by atoms with Crippen molar-refractivity contribution in [3.63, 3.8) is 0 Å². The molecule has 6 rings (SSSR count). The molecule has 4 nitrogen and oxygen atoms in total. The van der Waals surface area contributed by atoms with Crippen LogP contribution in [0.4, 0.5) is 13.2 Å². The number of hydrogen-bond donors (Lipinski definition) is 0. The summed E-state index contributed by atoms with van der Waals surface area (Å²) in [5.41, 5.74) is 0.726. The molecule has 194 valence electrons. The van der Waals surface area contributed by atoms with Gasteiger partial charge in [-0.3, -0.25) is 4.79 Å². The highest BCUT2D eigenvalue weighted by molar-refractivity contribution is 7.98. The fourth-order valence-electron chi connectivity index (χ4n) is 6.95. The first-order chi connectivity index (χ1) is 17.6. The van der Waals surface area contributed by atoms with Crippen molar-refractivity contribution in [2.24, 2.45) is 23.2 Å². The third kappa shape index (κ3) is 5.16. The summed E-state index contributed by atoms with van der Waals surface area (Å²) < 4.78 is 45.4. The molecule has 4 bridgehead atoms. The highest BCUT2D eigenvalue weighted by Gasteiger charge is 2.53. The number of ketones is 1. The van der Waals surface area contributed by atoms with E-state index in [-0.39, 0.29) is 33.1 Å². The lowest BCUT2D eigenvalue weighted by Crippen LogP contribution is -2.49. The van der Waals surface area contributed by atoms with Crippen LogP contribution in [0.1, 0.15) is 66.5 Å². The Bertz CT molecular complexity index is 1260. The molecule has 0 unspecified atom stereocenters. The van der Waals surface area contributed by atoms with Crippen molar-refractivity contribution >= 4 is 23.6 Å². The van der Waals surface area contributed by atoms with Gasteiger partial charge in [-0.2, -0.15) is 18.4 Å². The van der Waals surface area contributed by atoms with Gasteiger partial charge in [-0.25, -0.2) is 4.98 Å². The van der Waals surface area contributed by atoms with E-state index in [2.05, 4.69) is 4.98 Å². The first-order valence-corrected chi connectivity index (χ1v) is 13.6. The number of allylic oxidation sites excluding steroid dienone is 1. The number of aromatic nitrogens is 1. The second-order valence-electron chi connectivity index (χ2n) is 10.9. The van der Waals surface area contributed by atoms with Gasteiger partial charge in [0, 0.05) is 16.7 Å². The zero-order chi connectivity index (χ0) is 26.4. The minimum absolute atomic E-state index is 0.0369. The van der Waals surface area contributed by atoms with Gasteiger partial charge in [0.25, 0.3) is 0 Å². The summed E-state index contributed by atoms with van der Waals surface area (Å²) in [4.78, 5) is 17.1. The molecule has 0 aliphatic heterocycles. The van der Waals surface area contributed by atoms with Crippen LogP contribution in [0.3, 0.4) is 0 Å².